The number of carbonyl (C=O) groups excluding carboxylic acids is 1. The fourth-order valence-corrected chi connectivity index (χ4v) is 3.52. The summed E-state index contributed by atoms with van der Waals surface area (Å²) in [4.78, 5) is 12.7. The fraction of sp³-hybridized carbons (Fsp3) is 0.208. The van der Waals surface area contributed by atoms with Gasteiger partial charge in [-0.2, -0.15) is 10.2 Å². The van der Waals surface area contributed by atoms with Crippen LogP contribution in [0.1, 0.15) is 34.1 Å². The lowest BCUT2D eigenvalue weighted by atomic mass is 10.1. The average Bonchev–Trinajstić information content (AvgIpc) is 3.45. The van der Waals surface area contributed by atoms with Gasteiger partial charge in [0.25, 0.3) is 5.91 Å². The summed E-state index contributed by atoms with van der Waals surface area (Å²) in [6.07, 6.45) is 6.87. The molecule has 4 rings (SSSR count). The van der Waals surface area contributed by atoms with E-state index in [1.54, 1.807) is 12.4 Å². The topological polar surface area (TPSA) is 64.7 Å². The van der Waals surface area contributed by atoms with E-state index < -0.39 is 0 Å². The second kappa shape index (κ2) is 9.22. The third kappa shape index (κ3) is 4.49. The van der Waals surface area contributed by atoms with Crippen LogP contribution in [0.4, 0.5) is 0 Å². The van der Waals surface area contributed by atoms with Crippen LogP contribution < -0.4 is 5.32 Å². The number of carbonyl (C=O) groups is 1. The summed E-state index contributed by atoms with van der Waals surface area (Å²) in [7, 11) is 0. The first-order chi connectivity index (χ1) is 14.7. The Hall–Kier alpha value is -3.67. The molecule has 0 atom stereocenters. The number of nitrogens with zero attached hydrogens (tertiary/aromatic N) is 4. The zero-order chi connectivity index (χ0) is 20.8. The molecule has 0 unspecified atom stereocenters. The predicted molar refractivity (Wildman–Crippen MR) is 117 cm³/mol. The van der Waals surface area contributed by atoms with Gasteiger partial charge in [-0.1, -0.05) is 49.4 Å². The van der Waals surface area contributed by atoms with E-state index in [0.29, 0.717) is 18.7 Å². The van der Waals surface area contributed by atoms with Crippen molar-refractivity contribution in [3.63, 3.8) is 0 Å². The molecule has 0 aliphatic rings. The van der Waals surface area contributed by atoms with Gasteiger partial charge in [0.15, 0.2) is 0 Å². The third-order valence-electron chi connectivity index (χ3n) is 5.11. The summed E-state index contributed by atoms with van der Waals surface area (Å²) in [5.74, 6) is -0.0701. The monoisotopic (exact) mass is 399 g/mol. The maximum atomic E-state index is 12.7. The molecule has 152 valence electrons. The van der Waals surface area contributed by atoms with E-state index in [4.69, 9.17) is 0 Å². The van der Waals surface area contributed by atoms with Crippen LogP contribution in [-0.2, 0) is 19.4 Å². The van der Waals surface area contributed by atoms with Crippen LogP contribution in [0.15, 0.2) is 79.3 Å². The zero-order valence-electron chi connectivity index (χ0n) is 17.0. The Labute approximate surface area is 176 Å². The molecular weight excluding hydrogens is 374 g/mol. The van der Waals surface area contributed by atoms with Crippen molar-refractivity contribution >= 4 is 5.91 Å². The Balaban J connectivity index is 1.35. The molecule has 0 saturated carbocycles. The molecule has 0 spiro atoms. The van der Waals surface area contributed by atoms with Crippen LogP contribution in [0.5, 0.6) is 0 Å². The molecule has 6 heteroatoms. The highest BCUT2D eigenvalue weighted by Crippen LogP contribution is 2.13. The maximum Gasteiger partial charge on any atom is 0.254 e. The number of benzene rings is 2. The van der Waals surface area contributed by atoms with Gasteiger partial charge in [0.2, 0.25) is 0 Å². The minimum atomic E-state index is -0.0701. The van der Waals surface area contributed by atoms with Gasteiger partial charge in [-0.15, -0.1) is 0 Å². The fourth-order valence-electron chi connectivity index (χ4n) is 3.52. The molecule has 4 aromatic rings. The van der Waals surface area contributed by atoms with Crippen LogP contribution in [0.2, 0.25) is 0 Å². The lowest BCUT2D eigenvalue weighted by Crippen LogP contribution is -2.26. The smallest absolute Gasteiger partial charge is 0.254 e. The van der Waals surface area contributed by atoms with Gasteiger partial charge < -0.3 is 5.32 Å². The van der Waals surface area contributed by atoms with Crippen LogP contribution >= 0.6 is 0 Å². The summed E-state index contributed by atoms with van der Waals surface area (Å²) >= 11 is 0. The number of aromatic nitrogens is 4. The number of rotatable bonds is 8. The molecule has 0 fully saturated rings. The molecule has 0 radical (unpaired) electrons. The van der Waals surface area contributed by atoms with Crippen molar-refractivity contribution in [2.75, 3.05) is 6.54 Å². The van der Waals surface area contributed by atoms with Gasteiger partial charge in [-0.25, -0.2) is 4.68 Å². The van der Waals surface area contributed by atoms with Crippen LogP contribution in [0.3, 0.4) is 0 Å². The number of hydrogen-bond acceptors (Lipinski definition) is 3. The molecule has 0 bridgehead atoms. The second-order valence-electron chi connectivity index (χ2n) is 7.12. The highest BCUT2D eigenvalue weighted by molar-refractivity contribution is 5.95. The van der Waals surface area contributed by atoms with E-state index in [-0.39, 0.29) is 5.91 Å². The standard InChI is InChI=1S/C24H25N5O/c1-2-23-22(17-27-29(23)18-20-7-4-3-5-8-20)24(30)25-15-13-19-9-11-21(12-10-19)28-16-6-14-26-28/h3-12,14,16-17H,2,13,15,18H2,1H3,(H,25,30). The number of hydrogen-bond donors (Lipinski definition) is 1. The van der Waals surface area contributed by atoms with Crippen molar-refractivity contribution in [2.24, 2.45) is 0 Å². The SMILES string of the molecule is CCc1c(C(=O)NCCc2ccc(-n3cccn3)cc2)cnn1Cc1ccccc1. The quantitative estimate of drug-likeness (QED) is 0.492. The van der Waals surface area contributed by atoms with Crippen molar-refractivity contribution in [1.29, 1.82) is 0 Å². The van der Waals surface area contributed by atoms with Crippen LogP contribution in [0.25, 0.3) is 5.69 Å². The van der Waals surface area contributed by atoms with E-state index in [1.165, 1.54) is 11.1 Å². The maximum absolute atomic E-state index is 12.7. The van der Waals surface area contributed by atoms with Gasteiger partial charge in [-0.3, -0.25) is 9.48 Å². The van der Waals surface area contributed by atoms with Crippen molar-refractivity contribution in [3.8, 4) is 5.69 Å². The highest BCUT2D eigenvalue weighted by atomic mass is 16.1. The Bertz CT molecular complexity index is 1080. The third-order valence-corrected chi connectivity index (χ3v) is 5.11. The molecular formula is C24H25N5O. The lowest BCUT2D eigenvalue weighted by Gasteiger charge is -2.09. The van der Waals surface area contributed by atoms with Crippen molar-refractivity contribution in [3.05, 3.63) is 102 Å². The molecule has 0 aliphatic carbocycles. The number of nitrogens with one attached hydrogen (secondary N) is 1. The predicted octanol–water partition coefficient (Wildman–Crippen LogP) is 3.65. The summed E-state index contributed by atoms with van der Waals surface area (Å²) in [6, 6.07) is 20.3. The molecule has 1 amide bonds. The first-order valence-corrected chi connectivity index (χ1v) is 10.2. The summed E-state index contributed by atoms with van der Waals surface area (Å²) < 4.78 is 3.74. The van der Waals surface area contributed by atoms with Gasteiger partial charge >= 0.3 is 0 Å². The minimum absolute atomic E-state index is 0.0701. The molecule has 0 aliphatic heterocycles. The van der Waals surface area contributed by atoms with Crippen molar-refractivity contribution in [2.45, 2.75) is 26.3 Å². The van der Waals surface area contributed by atoms with Crippen molar-refractivity contribution < 1.29 is 4.79 Å². The Kier molecular flexibility index (Phi) is 6.03. The largest absolute Gasteiger partial charge is 0.352 e. The summed E-state index contributed by atoms with van der Waals surface area (Å²) in [5, 5.41) is 11.7. The van der Waals surface area contributed by atoms with E-state index in [0.717, 1.165) is 24.2 Å². The van der Waals surface area contributed by atoms with Gasteiger partial charge in [0, 0.05) is 18.9 Å². The summed E-state index contributed by atoms with van der Waals surface area (Å²) in [5.41, 5.74) is 4.97. The number of amides is 1. The first kappa shape index (κ1) is 19.6. The molecule has 0 saturated heterocycles. The van der Waals surface area contributed by atoms with E-state index >= 15 is 0 Å². The summed E-state index contributed by atoms with van der Waals surface area (Å²) in [6.45, 7) is 3.29. The first-order valence-electron chi connectivity index (χ1n) is 10.2. The molecule has 6 nitrogen and oxygen atoms in total. The minimum Gasteiger partial charge on any atom is -0.352 e. The Morgan fingerprint density at radius 2 is 1.77 bits per heavy atom. The van der Waals surface area contributed by atoms with Gasteiger partial charge in [0.1, 0.15) is 0 Å². The average molecular weight is 399 g/mol. The Morgan fingerprint density at radius 3 is 2.47 bits per heavy atom. The van der Waals surface area contributed by atoms with Crippen LogP contribution in [0, 0.1) is 0 Å². The molecule has 2 aromatic carbocycles. The molecule has 2 heterocycles. The normalized spacial score (nSPS) is 10.8. The van der Waals surface area contributed by atoms with Crippen molar-refractivity contribution in [1.82, 2.24) is 24.9 Å². The zero-order valence-corrected chi connectivity index (χ0v) is 17.0. The van der Waals surface area contributed by atoms with E-state index in [2.05, 4.69) is 46.7 Å². The van der Waals surface area contributed by atoms with E-state index in [9.17, 15) is 4.79 Å². The second-order valence-corrected chi connectivity index (χ2v) is 7.12. The molecule has 1 N–H and O–H groups in total. The molecule has 2 aromatic heterocycles. The molecule has 30 heavy (non-hydrogen) atoms. The lowest BCUT2D eigenvalue weighted by molar-refractivity contribution is 0.0953. The highest BCUT2D eigenvalue weighted by Gasteiger charge is 2.16. The van der Waals surface area contributed by atoms with Gasteiger partial charge in [-0.05, 0) is 42.2 Å². The Morgan fingerprint density at radius 1 is 0.967 bits per heavy atom. The van der Waals surface area contributed by atoms with Gasteiger partial charge in [0.05, 0.1) is 29.7 Å². The van der Waals surface area contributed by atoms with E-state index in [1.807, 2.05) is 52.0 Å². The van der Waals surface area contributed by atoms with Crippen LogP contribution in [-0.4, -0.2) is 32.0 Å².